The topological polar surface area (TPSA) is 35.5 Å². The van der Waals surface area contributed by atoms with Gasteiger partial charge in [-0.3, -0.25) is 0 Å². The van der Waals surface area contributed by atoms with Crippen LogP contribution in [-0.4, -0.2) is 48.3 Å². The Morgan fingerprint density at radius 2 is 2.33 bits per heavy atom. The molecule has 1 heterocycles. The van der Waals surface area contributed by atoms with Crippen molar-refractivity contribution in [2.75, 3.05) is 26.2 Å². The fraction of sp³-hybridized carbons (Fsp3) is 1.00. The van der Waals surface area contributed by atoms with Gasteiger partial charge < -0.3 is 15.3 Å². The molecule has 0 amide bonds. The van der Waals surface area contributed by atoms with Gasteiger partial charge in [0, 0.05) is 25.2 Å². The van der Waals surface area contributed by atoms with E-state index in [1.54, 1.807) is 0 Å². The number of piperidine rings is 1. The molecule has 2 N–H and O–H groups in total. The van der Waals surface area contributed by atoms with Crippen LogP contribution in [0.2, 0.25) is 0 Å². The highest BCUT2D eigenvalue weighted by Gasteiger charge is 2.19. The molecular weight excluding hydrogens is 188 g/mol. The van der Waals surface area contributed by atoms with E-state index >= 15 is 0 Å². The number of aliphatic hydroxyl groups is 1. The van der Waals surface area contributed by atoms with E-state index in [0.717, 1.165) is 12.8 Å². The van der Waals surface area contributed by atoms with Gasteiger partial charge in [-0.15, -0.1) is 0 Å². The molecule has 1 rings (SSSR count). The van der Waals surface area contributed by atoms with Gasteiger partial charge in [-0.2, -0.15) is 0 Å². The lowest BCUT2D eigenvalue weighted by Gasteiger charge is -2.34. The predicted octanol–water partition coefficient (Wildman–Crippen LogP) is 1.22. The van der Waals surface area contributed by atoms with E-state index in [4.69, 9.17) is 5.11 Å². The van der Waals surface area contributed by atoms with E-state index in [1.807, 2.05) is 0 Å². The van der Waals surface area contributed by atoms with Crippen molar-refractivity contribution in [1.82, 2.24) is 10.2 Å². The molecule has 0 aliphatic carbocycles. The highest BCUT2D eigenvalue weighted by Crippen LogP contribution is 2.11. The molecule has 0 spiro atoms. The van der Waals surface area contributed by atoms with Crippen LogP contribution >= 0.6 is 0 Å². The number of hydrogen-bond acceptors (Lipinski definition) is 3. The first-order valence-corrected chi connectivity index (χ1v) is 6.35. The van der Waals surface area contributed by atoms with Gasteiger partial charge in [0.2, 0.25) is 0 Å². The molecule has 1 aliphatic rings. The molecule has 90 valence electrons. The number of likely N-dealkylation sites (tertiary alicyclic amines) is 1. The van der Waals surface area contributed by atoms with Crippen molar-refractivity contribution < 1.29 is 5.11 Å². The first kappa shape index (κ1) is 12.9. The monoisotopic (exact) mass is 214 g/mol. The molecule has 0 bridgehead atoms. The highest BCUT2D eigenvalue weighted by atomic mass is 16.2. The Labute approximate surface area is 93.9 Å². The Kier molecular flexibility index (Phi) is 6.22. The quantitative estimate of drug-likeness (QED) is 0.698. The zero-order chi connectivity index (χ0) is 11.1. The summed E-state index contributed by atoms with van der Waals surface area (Å²) in [6, 6.07) is 1.20. The molecule has 3 nitrogen and oxygen atoms in total. The summed E-state index contributed by atoms with van der Waals surface area (Å²) < 4.78 is 0. The van der Waals surface area contributed by atoms with Crippen LogP contribution < -0.4 is 5.32 Å². The summed E-state index contributed by atoms with van der Waals surface area (Å²) in [5.41, 5.74) is 0. The Morgan fingerprint density at radius 3 is 3.00 bits per heavy atom. The Hall–Kier alpha value is -0.120. The van der Waals surface area contributed by atoms with Crippen LogP contribution in [0.4, 0.5) is 0 Å². The smallest absolute Gasteiger partial charge is 0.0431 e. The third-order valence-electron chi connectivity index (χ3n) is 3.27. The minimum Gasteiger partial charge on any atom is -0.396 e. The van der Waals surface area contributed by atoms with Crippen molar-refractivity contribution in [3.63, 3.8) is 0 Å². The first-order chi connectivity index (χ1) is 7.26. The van der Waals surface area contributed by atoms with E-state index in [9.17, 15) is 0 Å². The van der Waals surface area contributed by atoms with Gasteiger partial charge in [0.25, 0.3) is 0 Å². The maximum Gasteiger partial charge on any atom is 0.0431 e. The average Bonchev–Trinajstić information content (AvgIpc) is 2.26. The minimum absolute atomic E-state index is 0.317. The second-order valence-corrected chi connectivity index (χ2v) is 4.67. The summed E-state index contributed by atoms with van der Waals surface area (Å²) in [4.78, 5) is 2.51. The van der Waals surface area contributed by atoms with Gasteiger partial charge in [0.15, 0.2) is 0 Å². The molecule has 0 aromatic carbocycles. The van der Waals surface area contributed by atoms with Gasteiger partial charge in [0.05, 0.1) is 0 Å². The third kappa shape index (κ3) is 4.96. The SMILES string of the molecule is CCN1CCCC(NC(C)CCCO)C1. The van der Waals surface area contributed by atoms with Crippen LogP contribution in [0.5, 0.6) is 0 Å². The first-order valence-electron chi connectivity index (χ1n) is 6.35. The van der Waals surface area contributed by atoms with Crippen LogP contribution in [0, 0.1) is 0 Å². The van der Waals surface area contributed by atoms with Crippen LogP contribution in [-0.2, 0) is 0 Å². The molecule has 15 heavy (non-hydrogen) atoms. The van der Waals surface area contributed by atoms with Gasteiger partial charge in [-0.25, -0.2) is 0 Å². The van der Waals surface area contributed by atoms with Gasteiger partial charge in [-0.05, 0) is 45.7 Å². The van der Waals surface area contributed by atoms with E-state index in [2.05, 4.69) is 24.1 Å². The fourth-order valence-corrected chi connectivity index (χ4v) is 2.36. The molecule has 0 aromatic rings. The van der Waals surface area contributed by atoms with E-state index in [-0.39, 0.29) is 0 Å². The van der Waals surface area contributed by atoms with Crippen LogP contribution in [0.15, 0.2) is 0 Å². The number of nitrogens with zero attached hydrogens (tertiary/aromatic N) is 1. The van der Waals surface area contributed by atoms with Gasteiger partial charge in [0.1, 0.15) is 0 Å². The molecule has 2 unspecified atom stereocenters. The predicted molar refractivity (Wildman–Crippen MR) is 64.1 cm³/mol. The minimum atomic E-state index is 0.317. The zero-order valence-corrected chi connectivity index (χ0v) is 10.2. The highest BCUT2D eigenvalue weighted by molar-refractivity contribution is 4.79. The van der Waals surface area contributed by atoms with Gasteiger partial charge in [-0.1, -0.05) is 6.92 Å². The number of hydrogen-bond donors (Lipinski definition) is 2. The maximum atomic E-state index is 8.77. The molecule has 1 fully saturated rings. The number of nitrogens with one attached hydrogen (secondary N) is 1. The summed E-state index contributed by atoms with van der Waals surface area (Å²) in [7, 11) is 0. The molecule has 0 radical (unpaired) electrons. The second-order valence-electron chi connectivity index (χ2n) is 4.67. The number of likely N-dealkylation sites (N-methyl/N-ethyl adjacent to an activating group) is 1. The van der Waals surface area contributed by atoms with Crippen molar-refractivity contribution >= 4 is 0 Å². The van der Waals surface area contributed by atoms with Crippen molar-refractivity contribution in [2.24, 2.45) is 0 Å². The Morgan fingerprint density at radius 1 is 1.53 bits per heavy atom. The fourth-order valence-electron chi connectivity index (χ4n) is 2.36. The molecule has 2 atom stereocenters. The number of rotatable bonds is 6. The Bertz CT molecular complexity index is 164. The lowest BCUT2D eigenvalue weighted by atomic mass is 10.0. The lowest BCUT2D eigenvalue weighted by Crippen LogP contribution is -2.48. The summed E-state index contributed by atoms with van der Waals surface area (Å²) in [5.74, 6) is 0. The maximum absolute atomic E-state index is 8.77. The third-order valence-corrected chi connectivity index (χ3v) is 3.27. The zero-order valence-electron chi connectivity index (χ0n) is 10.2. The molecular formula is C12H26N2O. The summed E-state index contributed by atoms with van der Waals surface area (Å²) in [6.07, 6.45) is 4.62. The van der Waals surface area contributed by atoms with Crippen LogP contribution in [0.1, 0.15) is 39.5 Å². The molecule has 0 aromatic heterocycles. The van der Waals surface area contributed by atoms with E-state index in [0.29, 0.717) is 18.7 Å². The van der Waals surface area contributed by atoms with Crippen molar-refractivity contribution in [1.29, 1.82) is 0 Å². The van der Waals surface area contributed by atoms with Crippen molar-refractivity contribution in [3.8, 4) is 0 Å². The van der Waals surface area contributed by atoms with Crippen LogP contribution in [0.25, 0.3) is 0 Å². The second kappa shape index (κ2) is 7.20. The summed E-state index contributed by atoms with van der Waals surface area (Å²) >= 11 is 0. The molecule has 1 aliphatic heterocycles. The Balaban J connectivity index is 2.19. The van der Waals surface area contributed by atoms with E-state index < -0.39 is 0 Å². The number of aliphatic hydroxyl groups excluding tert-OH is 1. The lowest BCUT2D eigenvalue weighted by molar-refractivity contribution is 0.188. The van der Waals surface area contributed by atoms with E-state index in [1.165, 1.54) is 32.5 Å². The van der Waals surface area contributed by atoms with Crippen molar-refractivity contribution in [3.05, 3.63) is 0 Å². The summed E-state index contributed by atoms with van der Waals surface area (Å²) in [6.45, 7) is 8.40. The van der Waals surface area contributed by atoms with Crippen molar-refractivity contribution in [2.45, 2.75) is 51.6 Å². The molecule has 1 saturated heterocycles. The molecule has 0 saturated carbocycles. The van der Waals surface area contributed by atoms with Crippen LogP contribution in [0.3, 0.4) is 0 Å². The standard InChI is InChI=1S/C12H26N2O/c1-3-14-8-4-7-12(10-14)13-11(2)6-5-9-15/h11-13,15H,3-10H2,1-2H3. The van der Waals surface area contributed by atoms with Gasteiger partial charge >= 0.3 is 0 Å². The largest absolute Gasteiger partial charge is 0.396 e. The molecule has 3 heteroatoms. The summed E-state index contributed by atoms with van der Waals surface area (Å²) in [5, 5.41) is 12.4. The normalized spacial score (nSPS) is 25.4. The average molecular weight is 214 g/mol.